The SMILES string of the molecule is CCc1c(C(CC)NC)nnn1-c1cccc(Br)c1C. The van der Waals surface area contributed by atoms with Crippen LogP contribution in [0.4, 0.5) is 0 Å². The maximum Gasteiger partial charge on any atom is 0.103 e. The van der Waals surface area contributed by atoms with E-state index in [1.165, 1.54) is 11.3 Å². The molecule has 4 nitrogen and oxygen atoms in total. The van der Waals surface area contributed by atoms with Crippen LogP contribution in [0.3, 0.4) is 0 Å². The van der Waals surface area contributed by atoms with Crippen molar-refractivity contribution in [3.63, 3.8) is 0 Å². The Hall–Kier alpha value is -1.20. The lowest BCUT2D eigenvalue weighted by molar-refractivity contribution is 0.555. The maximum atomic E-state index is 4.41. The van der Waals surface area contributed by atoms with Gasteiger partial charge in [0.1, 0.15) is 5.69 Å². The second-order valence-electron chi connectivity index (χ2n) is 4.82. The van der Waals surface area contributed by atoms with Crippen molar-refractivity contribution in [2.45, 2.75) is 39.7 Å². The fraction of sp³-hybridized carbons (Fsp3) is 0.467. The van der Waals surface area contributed by atoms with E-state index in [0.717, 1.165) is 28.7 Å². The number of hydrogen-bond donors (Lipinski definition) is 1. The molecule has 1 unspecified atom stereocenters. The Morgan fingerprint density at radius 1 is 1.35 bits per heavy atom. The Kier molecular flexibility index (Phi) is 4.94. The van der Waals surface area contributed by atoms with Crippen molar-refractivity contribution in [1.29, 1.82) is 0 Å². The highest BCUT2D eigenvalue weighted by Crippen LogP contribution is 2.26. The highest BCUT2D eigenvalue weighted by Gasteiger charge is 2.20. The van der Waals surface area contributed by atoms with Crippen LogP contribution in [0.15, 0.2) is 22.7 Å². The van der Waals surface area contributed by atoms with Crippen molar-refractivity contribution in [3.05, 3.63) is 39.6 Å². The second kappa shape index (κ2) is 6.50. The van der Waals surface area contributed by atoms with E-state index in [1.807, 2.05) is 23.9 Å². The average Bonchev–Trinajstić information content (AvgIpc) is 2.87. The van der Waals surface area contributed by atoms with E-state index in [4.69, 9.17) is 0 Å². The summed E-state index contributed by atoms with van der Waals surface area (Å²) < 4.78 is 3.06. The van der Waals surface area contributed by atoms with Crippen LogP contribution >= 0.6 is 15.9 Å². The molecule has 5 heteroatoms. The van der Waals surface area contributed by atoms with E-state index in [2.05, 4.69) is 58.4 Å². The first-order chi connectivity index (χ1) is 9.63. The fourth-order valence-corrected chi connectivity index (χ4v) is 2.82. The Labute approximate surface area is 128 Å². The molecule has 108 valence electrons. The first-order valence-electron chi connectivity index (χ1n) is 7.01. The van der Waals surface area contributed by atoms with Crippen LogP contribution in [0, 0.1) is 6.92 Å². The van der Waals surface area contributed by atoms with E-state index >= 15 is 0 Å². The molecule has 0 bridgehead atoms. The molecule has 0 amide bonds. The van der Waals surface area contributed by atoms with E-state index in [9.17, 15) is 0 Å². The monoisotopic (exact) mass is 336 g/mol. The van der Waals surface area contributed by atoms with Gasteiger partial charge in [0.25, 0.3) is 0 Å². The van der Waals surface area contributed by atoms with Gasteiger partial charge in [0.15, 0.2) is 0 Å². The van der Waals surface area contributed by atoms with Gasteiger partial charge in [-0.15, -0.1) is 5.10 Å². The Morgan fingerprint density at radius 3 is 2.70 bits per heavy atom. The maximum absolute atomic E-state index is 4.41. The van der Waals surface area contributed by atoms with Crippen LogP contribution in [-0.2, 0) is 6.42 Å². The van der Waals surface area contributed by atoms with Gasteiger partial charge in [0.2, 0.25) is 0 Å². The molecule has 2 aromatic rings. The third kappa shape index (κ3) is 2.65. The molecular formula is C15H21BrN4. The molecule has 20 heavy (non-hydrogen) atoms. The van der Waals surface area contributed by atoms with Crippen LogP contribution in [0.25, 0.3) is 5.69 Å². The summed E-state index contributed by atoms with van der Waals surface area (Å²) in [6.07, 6.45) is 1.91. The molecule has 1 aromatic carbocycles. The largest absolute Gasteiger partial charge is 0.312 e. The Balaban J connectivity index is 2.56. The highest BCUT2D eigenvalue weighted by molar-refractivity contribution is 9.10. The first kappa shape index (κ1) is 15.2. The van der Waals surface area contributed by atoms with Crippen molar-refractivity contribution in [2.75, 3.05) is 7.05 Å². The number of hydrogen-bond acceptors (Lipinski definition) is 3. The minimum absolute atomic E-state index is 0.256. The first-order valence-corrected chi connectivity index (χ1v) is 7.80. The van der Waals surface area contributed by atoms with Crippen molar-refractivity contribution >= 4 is 15.9 Å². The number of benzene rings is 1. The summed E-state index contributed by atoms with van der Waals surface area (Å²) in [5, 5.41) is 12.1. The van der Waals surface area contributed by atoms with Crippen LogP contribution < -0.4 is 5.32 Å². The van der Waals surface area contributed by atoms with Crippen molar-refractivity contribution < 1.29 is 0 Å². The summed E-state index contributed by atoms with van der Waals surface area (Å²) in [5.41, 5.74) is 4.49. The minimum Gasteiger partial charge on any atom is -0.312 e. The summed E-state index contributed by atoms with van der Waals surface area (Å²) in [6, 6.07) is 6.41. The van der Waals surface area contributed by atoms with Crippen LogP contribution in [0.1, 0.15) is 43.3 Å². The molecular weight excluding hydrogens is 316 g/mol. The lowest BCUT2D eigenvalue weighted by Gasteiger charge is -2.14. The van der Waals surface area contributed by atoms with Gasteiger partial charge in [-0.25, -0.2) is 4.68 Å². The lowest BCUT2D eigenvalue weighted by atomic mass is 10.1. The van der Waals surface area contributed by atoms with Gasteiger partial charge in [-0.3, -0.25) is 0 Å². The van der Waals surface area contributed by atoms with Gasteiger partial charge < -0.3 is 5.32 Å². The summed E-state index contributed by atoms with van der Waals surface area (Å²) >= 11 is 3.58. The molecule has 2 rings (SSSR count). The third-order valence-electron chi connectivity index (χ3n) is 3.68. The van der Waals surface area contributed by atoms with Crippen molar-refractivity contribution in [2.24, 2.45) is 0 Å². The zero-order valence-corrected chi connectivity index (χ0v) is 14.0. The molecule has 1 N–H and O–H groups in total. The predicted molar refractivity (Wildman–Crippen MR) is 85.3 cm³/mol. The number of rotatable bonds is 5. The Morgan fingerprint density at radius 2 is 2.10 bits per heavy atom. The molecule has 0 spiro atoms. The minimum atomic E-state index is 0.256. The number of aromatic nitrogens is 3. The summed E-state index contributed by atoms with van der Waals surface area (Å²) in [4.78, 5) is 0. The molecule has 0 aliphatic carbocycles. The van der Waals surface area contributed by atoms with Crippen LogP contribution in [0.5, 0.6) is 0 Å². The molecule has 0 aliphatic rings. The normalized spacial score (nSPS) is 12.7. The average molecular weight is 337 g/mol. The Bertz CT molecular complexity index is 588. The summed E-state index contributed by atoms with van der Waals surface area (Å²) in [7, 11) is 1.97. The predicted octanol–water partition coefficient (Wildman–Crippen LogP) is 3.57. The summed E-state index contributed by atoms with van der Waals surface area (Å²) in [6.45, 7) is 6.40. The molecule has 1 heterocycles. The molecule has 0 aliphatic heterocycles. The smallest absolute Gasteiger partial charge is 0.103 e. The fourth-order valence-electron chi connectivity index (χ4n) is 2.47. The zero-order chi connectivity index (χ0) is 14.7. The van der Waals surface area contributed by atoms with Gasteiger partial charge >= 0.3 is 0 Å². The van der Waals surface area contributed by atoms with E-state index in [-0.39, 0.29) is 6.04 Å². The van der Waals surface area contributed by atoms with Gasteiger partial charge in [-0.1, -0.05) is 41.1 Å². The van der Waals surface area contributed by atoms with Crippen LogP contribution in [0.2, 0.25) is 0 Å². The number of halogens is 1. The van der Waals surface area contributed by atoms with Crippen molar-refractivity contribution in [3.8, 4) is 5.69 Å². The molecule has 0 saturated heterocycles. The van der Waals surface area contributed by atoms with Gasteiger partial charge in [0.05, 0.1) is 17.4 Å². The van der Waals surface area contributed by atoms with E-state index < -0.39 is 0 Å². The quantitative estimate of drug-likeness (QED) is 0.907. The topological polar surface area (TPSA) is 42.7 Å². The number of nitrogens with one attached hydrogen (secondary N) is 1. The van der Waals surface area contributed by atoms with Gasteiger partial charge in [-0.05, 0) is 44.5 Å². The summed E-state index contributed by atoms with van der Waals surface area (Å²) in [5.74, 6) is 0. The number of nitrogens with zero attached hydrogens (tertiary/aromatic N) is 3. The highest BCUT2D eigenvalue weighted by atomic mass is 79.9. The molecule has 0 saturated carbocycles. The van der Waals surface area contributed by atoms with Gasteiger partial charge in [0, 0.05) is 4.47 Å². The third-order valence-corrected chi connectivity index (χ3v) is 4.54. The lowest BCUT2D eigenvalue weighted by Crippen LogP contribution is -2.17. The zero-order valence-electron chi connectivity index (χ0n) is 12.4. The molecule has 1 atom stereocenters. The standard InChI is InChI=1S/C15H21BrN4/c1-5-12(17-4)15-13(6-2)20(19-18-15)14-9-7-8-11(16)10(14)3/h7-9,12,17H,5-6H2,1-4H3. The van der Waals surface area contributed by atoms with Crippen molar-refractivity contribution in [1.82, 2.24) is 20.3 Å². The van der Waals surface area contributed by atoms with E-state index in [1.54, 1.807) is 0 Å². The molecule has 1 aromatic heterocycles. The van der Waals surface area contributed by atoms with E-state index in [0.29, 0.717) is 0 Å². The van der Waals surface area contributed by atoms with Gasteiger partial charge in [-0.2, -0.15) is 0 Å². The second-order valence-corrected chi connectivity index (χ2v) is 5.67. The molecule has 0 fully saturated rings. The van der Waals surface area contributed by atoms with Crippen LogP contribution in [-0.4, -0.2) is 22.0 Å². The molecule has 0 radical (unpaired) electrons.